The standard InChI is InChI=1S/C18H20N4/c1-22(2)16-5-3-4-15(11-16)20-12-13-6-7-14-8-9-18(19)21-17(14)10-13/h3-11,20H,12H2,1-2H3,(H2,19,21). The van der Waals surface area contributed by atoms with Crippen molar-refractivity contribution in [3.8, 4) is 0 Å². The number of hydrogen-bond donors (Lipinski definition) is 2. The Balaban J connectivity index is 1.77. The predicted octanol–water partition coefficient (Wildman–Crippen LogP) is 3.50. The minimum absolute atomic E-state index is 0.552. The Hall–Kier alpha value is -2.75. The van der Waals surface area contributed by atoms with Gasteiger partial charge in [-0.1, -0.05) is 18.2 Å². The fourth-order valence-electron chi connectivity index (χ4n) is 2.39. The summed E-state index contributed by atoms with van der Waals surface area (Å²) in [5, 5.41) is 4.55. The number of anilines is 3. The summed E-state index contributed by atoms with van der Waals surface area (Å²) in [5.41, 5.74) is 10.1. The van der Waals surface area contributed by atoms with Gasteiger partial charge in [0.05, 0.1) is 5.52 Å². The van der Waals surface area contributed by atoms with Crippen LogP contribution in [0.15, 0.2) is 54.6 Å². The smallest absolute Gasteiger partial charge is 0.124 e. The predicted molar refractivity (Wildman–Crippen MR) is 94.3 cm³/mol. The summed E-state index contributed by atoms with van der Waals surface area (Å²) in [6.45, 7) is 0.753. The van der Waals surface area contributed by atoms with Gasteiger partial charge >= 0.3 is 0 Å². The average molecular weight is 292 g/mol. The van der Waals surface area contributed by atoms with E-state index in [2.05, 4.69) is 57.7 Å². The van der Waals surface area contributed by atoms with Gasteiger partial charge in [0.2, 0.25) is 0 Å². The molecule has 0 aliphatic heterocycles. The van der Waals surface area contributed by atoms with Gasteiger partial charge in [-0.05, 0) is 42.0 Å². The summed E-state index contributed by atoms with van der Waals surface area (Å²) >= 11 is 0. The van der Waals surface area contributed by atoms with Crippen molar-refractivity contribution in [2.45, 2.75) is 6.54 Å². The second-order valence-corrected chi connectivity index (χ2v) is 5.56. The van der Waals surface area contributed by atoms with Crippen LogP contribution in [0.25, 0.3) is 10.9 Å². The number of hydrogen-bond acceptors (Lipinski definition) is 4. The van der Waals surface area contributed by atoms with E-state index in [4.69, 9.17) is 5.73 Å². The third-order valence-corrected chi connectivity index (χ3v) is 3.64. The van der Waals surface area contributed by atoms with Gasteiger partial charge in [-0.15, -0.1) is 0 Å². The van der Waals surface area contributed by atoms with Crippen LogP contribution in [-0.2, 0) is 6.54 Å². The van der Waals surface area contributed by atoms with E-state index in [1.54, 1.807) is 0 Å². The van der Waals surface area contributed by atoms with Gasteiger partial charge in [-0.25, -0.2) is 4.98 Å². The summed E-state index contributed by atoms with van der Waals surface area (Å²) in [6.07, 6.45) is 0. The summed E-state index contributed by atoms with van der Waals surface area (Å²) in [5.74, 6) is 0.552. The first kappa shape index (κ1) is 14.2. The van der Waals surface area contributed by atoms with E-state index in [-0.39, 0.29) is 0 Å². The van der Waals surface area contributed by atoms with Crippen LogP contribution in [0.1, 0.15) is 5.56 Å². The van der Waals surface area contributed by atoms with Gasteiger partial charge in [0, 0.05) is 37.4 Å². The van der Waals surface area contributed by atoms with E-state index in [9.17, 15) is 0 Å². The van der Waals surface area contributed by atoms with Gasteiger partial charge in [0.25, 0.3) is 0 Å². The number of nitrogens with zero attached hydrogens (tertiary/aromatic N) is 2. The van der Waals surface area contributed by atoms with E-state index in [0.29, 0.717) is 5.82 Å². The molecule has 1 heterocycles. The number of aromatic nitrogens is 1. The lowest BCUT2D eigenvalue weighted by Crippen LogP contribution is -2.09. The molecular weight excluding hydrogens is 272 g/mol. The molecule has 3 N–H and O–H groups in total. The van der Waals surface area contributed by atoms with Crippen molar-refractivity contribution >= 4 is 28.1 Å². The van der Waals surface area contributed by atoms with Crippen molar-refractivity contribution in [1.82, 2.24) is 4.98 Å². The Morgan fingerprint density at radius 2 is 1.86 bits per heavy atom. The lowest BCUT2D eigenvalue weighted by atomic mass is 10.1. The van der Waals surface area contributed by atoms with Crippen molar-refractivity contribution in [3.63, 3.8) is 0 Å². The van der Waals surface area contributed by atoms with Gasteiger partial charge in [-0.3, -0.25) is 0 Å². The Bertz CT molecular complexity index is 796. The number of fused-ring (bicyclic) bond motifs is 1. The molecule has 0 fully saturated rings. The molecule has 0 aliphatic carbocycles. The number of nitrogen functional groups attached to an aromatic ring is 1. The summed E-state index contributed by atoms with van der Waals surface area (Å²) in [6, 6.07) is 18.4. The van der Waals surface area contributed by atoms with E-state index in [0.717, 1.165) is 23.1 Å². The highest BCUT2D eigenvalue weighted by Gasteiger charge is 2.01. The molecule has 0 aliphatic rings. The van der Waals surface area contributed by atoms with Crippen LogP contribution < -0.4 is 16.0 Å². The molecule has 0 amide bonds. The zero-order valence-corrected chi connectivity index (χ0v) is 12.9. The molecule has 0 unspecified atom stereocenters. The van der Waals surface area contributed by atoms with Crippen molar-refractivity contribution in [3.05, 3.63) is 60.2 Å². The first-order valence-electron chi connectivity index (χ1n) is 7.28. The van der Waals surface area contributed by atoms with Crippen molar-refractivity contribution < 1.29 is 0 Å². The number of nitrogens with one attached hydrogen (secondary N) is 1. The summed E-state index contributed by atoms with van der Waals surface area (Å²) in [4.78, 5) is 6.46. The lowest BCUT2D eigenvalue weighted by Gasteiger charge is -2.14. The quantitative estimate of drug-likeness (QED) is 0.773. The molecule has 112 valence electrons. The maximum Gasteiger partial charge on any atom is 0.124 e. The first-order chi connectivity index (χ1) is 10.6. The van der Waals surface area contributed by atoms with Crippen LogP contribution in [0.2, 0.25) is 0 Å². The van der Waals surface area contributed by atoms with E-state index < -0.39 is 0 Å². The highest BCUT2D eigenvalue weighted by molar-refractivity contribution is 5.80. The molecule has 22 heavy (non-hydrogen) atoms. The highest BCUT2D eigenvalue weighted by Crippen LogP contribution is 2.19. The van der Waals surface area contributed by atoms with Gasteiger partial charge in [0.1, 0.15) is 5.82 Å². The Kier molecular flexibility index (Phi) is 3.83. The van der Waals surface area contributed by atoms with Crippen LogP contribution >= 0.6 is 0 Å². The van der Waals surface area contributed by atoms with Crippen LogP contribution in [0, 0.1) is 0 Å². The fraction of sp³-hybridized carbons (Fsp3) is 0.167. The molecule has 4 heteroatoms. The third-order valence-electron chi connectivity index (χ3n) is 3.64. The molecule has 0 spiro atoms. The summed E-state index contributed by atoms with van der Waals surface area (Å²) in [7, 11) is 4.08. The zero-order valence-electron chi connectivity index (χ0n) is 12.9. The molecule has 3 aromatic rings. The van der Waals surface area contributed by atoms with Gasteiger partial charge in [0.15, 0.2) is 0 Å². The second kappa shape index (κ2) is 5.93. The molecular formula is C18H20N4. The normalized spacial score (nSPS) is 10.6. The molecule has 1 aromatic heterocycles. The Morgan fingerprint density at radius 1 is 1.05 bits per heavy atom. The van der Waals surface area contributed by atoms with Crippen LogP contribution in [0.3, 0.4) is 0 Å². The molecule has 0 radical (unpaired) electrons. The minimum atomic E-state index is 0.552. The number of nitrogens with two attached hydrogens (primary N) is 1. The Labute approximate surface area is 130 Å². The van der Waals surface area contributed by atoms with Gasteiger partial charge in [-0.2, -0.15) is 0 Å². The first-order valence-corrected chi connectivity index (χ1v) is 7.28. The van der Waals surface area contributed by atoms with E-state index in [1.165, 1.54) is 11.3 Å². The molecule has 0 saturated carbocycles. The zero-order chi connectivity index (χ0) is 15.5. The Morgan fingerprint density at radius 3 is 2.68 bits per heavy atom. The SMILES string of the molecule is CN(C)c1cccc(NCc2ccc3ccc(N)nc3c2)c1. The molecule has 4 nitrogen and oxygen atoms in total. The van der Waals surface area contributed by atoms with Crippen molar-refractivity contribution in [1.29, 1.82) is 0 Å². The minimum Gasteiger partial charge on any atom is -0.384 e. The van der Waals surface area contributed by atoms with Crippen LogP contribution in [0.4, 0.5) is 17.2 Å². The molecule has 2 aromatic carbocycles. The van der Waals surface area contributed by atoms with Gasteiger partial charge < -0.3 is 16.0 Å². The highest BCUT2D eigenvalue weighted by atomic mass is 15.1. The molecule has 3 rings (SSSR count). The van der Waals surface area contributed by atoms with E-state index >= 15 is 0 Å². The number of rotatable bonds is 4. The monoisotopic (exact) mass is 292 g/mol. The van der Waals surface area contributed by atoms with Crippen molar-refractivity contribution in [2.75, 3.05) is 30.0 Å². The lowest BCUT2D eigenvalue weighted by molar-refractivity contribution is 1.12. The van der Waals surface area contributed by atoms with Crippen LogP contribution in [0.5, 0.6) is 0 Å². The van der Waals surface area contributed by atoms with Crippen LogP contribution in [-0.4, -0.2) is 19.1 Å². The van der Waals surface area contributed by atoms with E-state index in [1.807, 2.05) is 26.2 Å². The molecule has 0 bridgehead atoms. The number of benzene rings is 2. The molecule has 0 atom stereocenters. The average Bonchev–Trinajstić information content (AvgIpc) is 2.52. The topological polar surface area (TPSA) is 54.2 Å². The second-order valence-electron chi connectivity index (χ2n) is 5.56. The van der Waals surface area contributed by atoms with Crippen molar-refractivity contribution in [2.24, 2.45) is 0 Å². The third kappa shape index (κ3) is 3.11. The summed E-state index contributed by atoms with van der Waals surface area (Å²) < 4.78 is 0. The maximum atomic E-state index is 5.75. The maximum absolute atomic E-state index is 5.75. The largest absolute Gasteiger partial charge is 0.384 e. The number of pyridine rings is 1. The fourth-order valence-corrected chi connectivity index (χ4v) is 2.39. The molecule has 0 saturated heterocycles.